The van der Waals surface area contributed by atoms with E-state index >= 15 is 0 Å². The zero-order chi connectivity index (χ0) is 14.7. The summed E-state index contributed by atoms with van der Waals surface area (Å²) in [6.45, 7) is 0. The number of hydrogen-bond donors (Lipinski definition) is 2. The Hall–Kier alpha value is -2.27. The fraction of sp³-hybridized carbons (Fsp3) is 0.143. The molecule has 0 atom stereocenters. The van der Waals surface area contributed by atoms with Crippen LogP contribution in [0.15, 0.2) is 36.5 Å². The summed E-state index contributed by atoms with van der Waals surface area (Å²) in [6.07, 6.45) is 1.53. The number of anilines is 3. The molecule has 0 spiro atoms. The van der Waals surface area contributed by atoms with Crippen molar-refractivity contribution in [2.45, 2.75) is 0 Å². The van der Waals surface area contributed by atoms with Crippen LogP contribution in [0.5, 0.6) is 0 Å². The first-order chi connectivity index (χ1) is 9.47. The van der Waals surface area contributed by atoms with E-state index in [0.717, 1.165) is 5.69 Å². The highest BCUT2D eigenvalue weighted by molar-refractivity contribution is 6.29. The van der Waals surface area contributed by atoms with Gasteiger partial charge in [0.15, 0.2) is 0 Å². The van der Waals surface area contributed by atoms with Gasteiger partial charge in [-0.3, -0.25) is 4.79 Å². The van der Waals surface area contributed by atoms with Crippen LogP contribution in [0.25, 0.3) is 0 Å². The third kappa shape index (κ3) is 3.19. The van der Waals surface area contributed by atoms with E-state index in [4.69, 9.17) is 17.3 Å². The second kappa shape index (κ2) is 5.79. The van der Waals surface area contributed by atoms with Crippen molar-refractivity contribution in [2.24, 2.45) is 0 Å². The molecule has 1 heterocycles. The van der Waals surface area contributed by atoms with Crippen LogP contribution >= 0.6 is 11.6 Å². The predicted octanol–water partition coefficient (Wildman–Crippen LogP) is 2.64. The number of nitrogen functional groups attached to an aromatic ring is 1. The second-order valence-electron chi connectivity index (χ2n) is 4.49. The topological polar surface area (TPSA) is 71.2 Å². The Bertz CT molecular complexity index is 643. The standard InChI is InChI=1S/C14H15ClN4O/c1-19(2)12-4-3-9(16)7-11(12)14(20)18-10-5-6-17-13(15)8-10/h3-8H,16H2,1-2H3,(H,17,18,20). The molecule has 0 aliphatic rings. The average molecular weight is 291 g/mol. The number of nitrogens with two attached hydrogens (primary N) is 1. The molecule has 1 amide bonds. The summed E-state index contributed by atoms with van der Waals surface area (Å²) < 4.78 is 0. The monoisotopic (exact) mass is 290 g/mol. The van der Waals surface area contributed by atoms with Gasteiger partial charge in [0.05, 0.1) is 5.56 Å². The van der Waals surface area contributed by atoms with Crippen molar-refractivity contribution in [1.82, 2.24) is 4.98 Å². The molecule has 104 valence electrons. The van der Waals surface area contributed by atoms with Crippen molar-refractivity contribution in [3.05, 3.63) is 47.2 Å². The Morgan fingerprint density at radius 3 is 2.70 bits per heavy atom. The number of benzene rings is 1. The van der Waals surface area contributed by atoms with Crippen molar-refractivity contribution in [1.29, 1.82) is 0 Å². The van der Waals surface area contributed by atoms with Gasteiger partial charge in [-0.2, -0.15) is 0 Å². The summed E-state index contributed by atoms with van der Waals surface area (Å²) in [6, 6.07) is 8.47. The molecule has 0 saturated heterocycles. The highest BCUT2D eigenvalue weighted by atomic mass is 35.5. The highest BCUT2D eigenvalue weighted by Gasteiger charge is 2.13. The zero-order valence-corrected chi connectivity index (χ0v) is 12.0. The largest absolute Gasteiger partial charge is 0.399 e. The smallest absolute Gasteiger partial charge is 0.257 e. The Kier molecular flexibility index (Phi) is 4.10. The molecule has 0 aliphatic heterocycles. The molecule has 0 fully saturated rings. The molecule has 6 heteroatoms. The molecule has 0 unspecified atom stereocenters. The fourth-order valence-corrected chi connectivity index (χ4v) is 1.98. The normalized spacial score (nSPS) is 10.2. The molecule has 0 saturated carbocycles. The molecule has 0 bridgehead atoms. The van der Waals surface area contributed by atoms with E-state index in [9.17, 15) is 4.79 Å². The van der Waals surface area contributed by atoms with Gasteiger partial charge < -0.3 is 16.0 Å². The van der Waals surface area contributed by atoms with E-state index in [1.165, 1.54) is 6.20 Å². The summed E-state index contributed by atoms with van der Waals surface area (Å²) in [5.41, 5.74) is 8.17. The summed E-state index contributed by atoms with van der Waals surface area (Å²) in [4.78, 5) is 18.1. The van der Waals surface area contributed by atoms with E-state index in [1.807, 2.05) is 25.1 Å². The van der Waals surface area contributed by atoms with Crippen LogP contribution in [0.2, 0.25) is 5.15 Å². The molecule has 1 aromatic heterocycles. The zero-order valence-electron chi connectivity index (χ0n) is 11.2. The maximum atomic E-state index is 12.3. The van der Waals surface area contributed by atoms with E-state index < -0.39 is 0 Å². The number of nitrogens with zero attached hydrogens (tertiary/aromatic N) is 2. The van der Waals surface area contributed by atoms with Gasteiger partial charge in [-0.05, 0) is 30.3 Å². The van der Waals surface area contributed by atoms with Gasteiger partial charge in [0, 0.05) is 37.4 Å². The summed E-state index contributed by atoms with van der Waals surface area (Å²) in [5.74, 6) is -0.247. The molecule has 2 rings (SSSR count). The number of carbonyl (C=O) groups excluding carboxylic acids is 1. The van der Waals surface area contributed by atoms with Gasteiger partial charge in [-0.1, -0.05) is 11.6 Å². The minimum absolute atomic E-state index is 0.247. The third-order valence-electron chi connectivity index (χ3n) is 2.73. The number of pyridine rings is 1. The molecule has 3 N–H and O–H groups in total. The van der Waals surface area contributed by atoms with Crippen molar-refractivity contribution in [3.63, 3.8) is 0 Å². The number of amides is 1. The fourth-order valence-electron chi connectivity index (χ4n) is 1.80. The summed E-state index contributed by atoms with van der Waals surface area (Å²) in [7, 11) is 3.73. The molecular formula is C14H15ClN4O. The molecule has 0 aliphatic carbocycles. The Labute approximate surface area is 122 Å². The number of nitrogens with one attached hydrogen (secondary N) is 1. The van der Waals surface area contributed by atoms with Crippen molar-refractivity contribution < 1.29 is 4.79 Å². The number of halogens is 1. The average Bonchev–Trinajstić information content (AvgIpc) is 2.38. The second-order valence-corrected chi connectivity index (χ2v) is 4.88. The minimum atomic E-state index is -0.247. The first kappa shape index (κ1) is 14.1. The molecule has 20 heavy (non-hydrogen) atoms. The first-order valence-electron chi connectivity index (χ1n) is 5.97. The van der Waals surface area contributed by atoms with Gasteiger partial charge in [-0.15, -0.1) is 0 Å². The number of rotatable bonds is 3. The predicted molar refractivity (Wildman–Crippen MR) is 82.4 cm³/mol. The lowest BCUT2D eigenvalue weighted by Crippen LogP contribution is -2.18. The van der Waals surface area contributed by atoms with E-state index in [0.29, 0.717) is 22.1 Å². The van der Waals surface area contributed by atoms with Crippen molar-refractivity contribution >= 4 is 34.6 Å². The lowest BCUT2D eigenvalue weighted by Gasteiger charge is -2.17. The van der Waals surface area contributed by atoms with Crippen LogP contribution in [0.4, 0.5) is 17.1 Å². The number of aromatic nitrogens is 1. The quantitative estimate of drug-likeness (QED) is 0.673. The molecule has 5 nitrogen and oxygen atoms in total. The summed E-state index contributed by atoms with van der Waals surface area (Å²) in [5, 5.41) is 3.10. The maximum absolute atomic E-state index is 12.3. The molecular weight excluding hydrogens is 276 g/mol. The van der Waals surface area contributed by atoms with E-state index in [-0.39, 0.29) is 5.91 Å². The van der Waals surface area contributed by atoms with Crippen LogP contribution < -0.4 is 16.0 Å². The molecule has 0 radical (unpaired) electrons. The number of hydrogen-bond acceptors (Lipinski definition) is 4. The Balaban J connectivity index is 2.31. The third-order valence-corrected chi connectivity index (χ3v) is 2.94. The SMILES string of the molecule is CN(C)c1ccc(N)cc1C(=O)Nc1ccnc(Cl)c1. The van der Waals surface area contributed by atoms with Gasteiger partial charge >= 0.3 is 0 Å². The van der Waals surface area contributed by atoms with Crippen LogP contribution in [0.1, 0.15) is 10.4 Å². The van der Waals surface area contributed by atoms with Crippen LogP contribution in [0.3, 0.4) is 0 Å². The van der Waals surface area contributed by atoms with Crippen molar-refractivity contribution in [2.75, 3.05) is 30.0 Å². The minimum Gasteiger partial charge on any atom is -0.399 e. The molecule has 2 aromatic rings. The van der Waals surface area contributed by atoms with E-state index in [2.05, 4.69) is 10.3 Å². The first-order valence-corrected chi connectivity index (χ1v) is 6.35. The molecule has 1 aromatic carbocycles. The van der Waals surface area contributed by atoms with Gasteiger partial charge in [0.2, 0.25) is 0 Å². The maximum Gasteiger partial charge on any atom is 0.257 e. The van der Waals surface area contributed by atoms with Gasteiger partial charge in [0.1, 0.15) is 5.15 Å². The van der Waals surface area contributed by atoms with Crippen LogP contribution in [-0.4, -0.2) is 25.0 Å². The Morgan fingerprint density at radius 2 is 2.05 bits per heavy atom. The van der Waals surface area contributed by atoms with Gasteiger partial charge in [0.25, 0.3) is 5.91 Å². The highest BCUT2D eigenvalue weighted by Crippen LogP contribution is 2.23. The van der Waals surface area contributed by atoms with Crippen molar-refractivity contribution in [3.8, 4) is 0 Å². The van der Waals surface area contributed by atoms with Crippen LogP contribution in [0, 0.1) is 0 Å². The van der Waals surface area contributed by atoms with E-state index in [1.54, 1.807) is 24.3 Å². The number of carbonyl (C=O) groups is 1. The lowest BCUT2D eigenvalue weighted by molar-refractivity contribution is 0.102. The Morgan fingerprint density at radius 1 is 1.30 bits per heavy atom. The lowest BCUT2D eigenvalue weighted by atomic mass is 10.1. The van der Waals surface area contributed by atoms with Crippen LogP contribution in [-0.2, 0) is 0 Å². The van der Waals surface area contributed by atoms with Gasteiger partial charge in [-0.25, -0.2) is 4.98 Å². The summed E-state index contributed by atoms with van der Waals surface area (Å²) >= 11 is 5.79.